The van der Waals surface area contributed by atoms with Crippen LogP contribution in [0.1, 0.15) is 58.3 Å². The van der Waals surface area contributed by atoms with E-state index in [0.717, 1.165) is 0 Å². The summed E-state index contributed by atoms with van der Waals surface area (Å²) in [5, 5.41) is 2.88. The summed E-state index contributed by atoms with van der Waals surface area (Å²) in [6.45, 7) is 2.28. The molecule has 0 atom stereocenters. The highest BCUT2D eigenvalue weighted by atomic mass is 31.1. The first-order valence-electron chi connectivity index (χ1n) is 9.48. The standard InChI is InChI=1S/C23H31P/c1-2-3-4-5-6-7-8-9-16-21-24(22-17-12-10-13-18-22)23-19-14-11-15-20-23/h10-21H,2-9H2,1H3. The molecular formula is C23H31P. The molecule has 0 nitrogen and oxygen atoms in total. The van der Waals surface area contributed by atoms with Crippen molar-refractivity contribution >= 4 is 18.5 Å². The molecule has 0 aliphatic rings. The molecule has 0 aliphatic heterocycles. The molecule has 0 saturated heterocycles. The second-order valence-electron chi connectivity index (χ2n) is 6.34. The van der Waals surface area contributed by atoms with E-state index in [1.54, 1.807) is 0 Å². The first kappa shape index (κ1) is 18.9. The molecule has 0 N–H and O–H groups in total. The van der Waals surface area contributed by atoms with E-state index in [1.807, 2.05) is 0 Å². The molecule has 0 unspecified atom stereocenters. The lowest BCUT2D eigenvalue weighted by Crippen LogP contribution is -2.09. The molecule has 2 aromatic carbocycles. The molecule has 24 heavy (non-hydrogen) atoms. The van der Waals surface area contributed by atoms with Gasteiger partial charge in [-0.25, -0.2) is 0 Å². The van der Waals surface area contributed by atoms with Gasteiger partial charge in [0, 0.05) is 0 Å². The lowest BCUT2D eigenvalue weighted by atomic mass is 10.1. The zero-order valence-electron chi connectivity index (χ0n) is 15.0. The number of unbranched alkanes of at least 4 members (excludes halogenated alkanes) is 7. The minimum absolute atomic E-state index is 0.364. The maximum Gasteiger partial charge on any atom is -0.0157 e. The maximum absolute atomic E-state index is 2.46. The fourth-order valence-corrected chi connectivity index (χ4v) is 4.89. The highest BCUT2D eigenvalue weighted by molar-refractivity contribution is 7.75. The minimum Gasteiger partial charge on any atom is -0.0834 e. The van der Waals surface area contributed by atoms with Crippen LogP contribution in [0, 0.1) is 0 Å². The van der Waals surface area contributed by atoms with Crippen molar-refractivity contribution in [2.45, 2.75) is 58.3 Å². The van der Waals surface area contributed by atoms with E-state index < -0.39 is 0 Å². The Kier molecular flexibility index (Phi) is 9.50. The highest BCUT2D eigenvalue weighted by Crippen LogP contribution is 2.35. The number of allylic oxidation sites excluding steroid dienone is 1. The first-order valence-corrected chi connectivity index (χ1v) is 10.9. The molecule has 2 rings (SSSR count). The molecule has 2 aromatic rings. The summed E-state index contributed by atoms with van der Waals surface area (Å²) >= 11 is 0. The van der Waals surface area contributed by atoms with Gasteiger partial charge in [-0.05, 0) is 31.4 Å². The Morgan fingerprint density at radius 1 is 0.667 bits per heavy atom. The van der Waals surface area contributed by atoms with Gasteiger partial charge in [-0.1, -0.05) is 118 Å². The van der Waals surface area contributed by atoms with Gasteiger partial charge in [-0.2, -0.15) is 0 Å². The third-order valence-corrected chi connectivity index (χ3v) is 6.52. The second-order valence-corrected chi connectivity index (χ2v) is 8.41. The van der Waals surface area contributed by atoms with Crippen LogP contribution in [0.4, 0.5) is 0 Å². The average molecular weight is 338 g/mol. The molecule has 0 fully saturated rings. The van der Waals surface area contributed by atoms with Crippen LogP contribution < -0.4 is 10.6 Å². The number of hydrogen-bond donors (Lipinski definition) is 0. The average Bonchev–Trinajstić information content (AvgIpc) is 2.65. The van der Waals surface area contributed by atoms with Gasteiger partial charge in [0.25, 0.3) is 0 Å². The third-order valence-electron chi connectivity index (χ3n) is 4.30. The van der Waals surface area contributed by atoms with Crippen LogP contribution in [0.25, 0.3) is 0 Å². The van der Waals surface area contributed by atoms with Crippen LogP contribution in [0.2, 0.25) is 0 Å². The van der Waals surface area contributed by atoms with Gasteiger partial charge >= 0.3 is 0 Å². The van der Waals surface area contributed by atoms with Gasteiger partial charge in [0.15, 0.2) is 0 Å². The summed E-state index contributed by atoms with van der Waals surface area (Å²) in [6, 6.07) is 21.8. The number of rotatable bonds is 11. The quantitative estimate of drug-likeness (QED) is 0.313. The smallest absolute Gasteiger partial charge is 0.0157 e. The van der Waals surface area contributed by atoms with Crippen molar-refractivity contribution in [2.75, 3.05) is 0 Å². The van der Waals surface area contributed by atoms with E-state index in [9.17, 15) is 0 Å². The zero-order valence-corrected chi connectivity index (χ0v) is 15.9. The highest BCUT2D eigenvalue weighted by Gasteiger charge is 2.09. The Morgan fingerprint density at radius 2 is 1.17 bits per heavy atom. The van der Waals surface area contributed by atoms with Crippen molar-refractivity contribution in [1.29, 1.82) is 0 Å². The molecule has 128 valence electrons. The molecule has 0 aliphatic carbocycles. The Labute approximate surface area is 149 Å². The van der Waals surface area contributed by atoms with Crippen molar-refractivity contribution in [3.05, 3.63) is 72.6 Å². The van der Waals surface area contributed by atoms with Gasteiger partial charge < -0.3 is 0 Å². The Bertz CT molecular complexity index is 520. The summed E-state index contributed by atoms with van der Waals surface area (Å²) in [7, 11) is -0.364. The van der Waals surface area contributed by atoms with E-state index in [0.29, 0.717) is 0 Å². The Morgan fingerprint density at radius 3 is 1.71 bits per heavy atom. The van der Waals surface area contributed by atoms with Crippen LogP contribution in [0.5, 0.6) is 0 Å². The van der Waals surface area contributed by atoms with Crippen molar-refractivity contribution in [1.82, 2.24) is 0 Å². The molecule has 0 saturated carbocycles. The SMILES string of the molecule is CCCCCCCCCC=CP(c1ccccc1)c1ccccc1. The second kappa shape index (κ2) is 12.0. The largest absolute Gasteiger partial charge is 0.0834 e. The lowest BCUT2D eigenvalue weighted by Gasteiger charge is -2.14. The first-order chi connectivity index (χ1) is 11.9. The zero-order chi connectivity index (χ0) is 16.9. The summed E-state index contributed by atoms with van der Waals surface area (Å²) in [6.07, 6.45) is 13.3. The summed E-state index contributed by atoms with van der Waals surface area (Å²) < 4.78 is 0. The monoisotopic (exact) mass is 338 g/mol. The molecule has 1 heteroatoms. The lowest BCUT2D eigenvalue weighted by molar-refractivity contribution is 0.592. The Hall–Kier alpha value is -1.39. The van der Waals surface area contributed by atoms with Crippen LogP contribution in [0.3, 0.4) is 0 Å². The van der Waals surface area contributed by atoms with E-state index in [-0.39, 0.29) is 7.92 Å². The van der Waals surface area contributed by atoms with Crippen molar-refractivity contribution < 1.29 is 0 Å². The number of hydrogen-bond acceptors (Lipinski definition) is 0. The van der Waals surface area contributed by atoms with Gasteiger partial charge in [0.05, 0.1) is 0 Å². The van der Waals surface area contributed by atoms with Crippen LogP contribution in [0.15, 0.2) is 72.6 Å². The fourth-order valence-electron chi connectivity index (χ4n) is 2.90. The summed E-state index contributed by atoms with van der Waals surface area (Å²) in [5.74, 6) is 2.46. The van der Waals surface area contributed by atoms with Crippen molar-refractivity contribution in [2.24, 2.45) is 0 Å². The predicted octanol–water partition coefficient (Wildman–Crippen LogP) is 6.77. The molecule has 0 radical (unpaired) electrons. The maximum atomic E-state index is 2.46. The van der Waals surface area contributed by atoms with E-state index in [1.165, 1.54) is 62.0 Å². The molecule has 0 bridgehead atoms. The minimum atomic E-state index is -0.364. The summed E-state index contributed by atoms with van der Waals surface area (Å²) in [4.78, 5) is 0. The molecule has 0 amide bonds. The van der Waals surface area contributed by atoms with Crippen LogP contribution in [-0.4, -0.2) is 0 Å². The topological polar surface area (TPSA) is 0 Å². The van der Waals surface area contributed by atoms with Gasteiger partial charge in [-0.15, -0.1) is 0 Å². The molecule has 0 heterocycles. The predicted molar refractivity (Wildman–Crippen MR) is 111 cm³/mol. The van der Waals surface area contributed by atoms with Crippen LogP contribution >= 0.6 is 7.92 Å². The third kappa shape index (κ3) is 7.02. The van der Waals surface area contributed by atoms with Gasteiger partial charge in [-0.3, -0.25) is 0 Å². The van der Waals surface area contributed by atoms with E-state index in [4.69, 9.17) is 0 Å². The molecule has 0 aromatic heterocycles. The van der Waals surface area contributed by atoms with E-state index >= 15 is 0 Å². The molecular weight excluding hydrogens is 307 g/mol. The van der Waals surface area contributed by atoms with Crippen molar-refractivity contribution in [3.8, 4) is 0 Å². The number of benzene rings is 2. The summed E-state index contributed by atoms with van der Waals surface area (Å²) in [5.41, 5.74) is 0. The van der Waals surface area contributed by atoms with Gasteiger partial charge in [0.2, 0.25) is 0 Å². The van der Waals surface area contributed by atoms with Crippen LogP contribution in [-0.2, 0) is 0 Å². The normalized spacial score (nSPS) is 11.4. The molecule has 0 spiro atoms. The van der Waals surface area contributed by atoms with Gasteiger partial charge in [0.1, 0.15) is 0 Å². The fraction of sp³-hybridized carbons (Fsp3) is 0.391. The van der Waals surface area contributed by atoms with E-state index in [2.05, 4.69) is 79.5 Å². The Balaban J connectivity index is 1.83. The van der Waals surface area contributed by atoms with Crippen molar-refractivity contribution in [3.63, 3.8) is 0 Å².